The molecule has 0 aliphatic carbocycles. The molecule has 36 heavy (non-hydrogen) atoms. The zero-order valence-corrected chi connectivity index (χ0v) is 20.3. The fraction of sp³-hybridized carbons (Fsp3) is 0.192. The van der Waals surface area contributed by atoms with E-state index in [4.69, 9.17) is 0 Å². The van der Waals surface area contributed by atoms with Crippen LogP contribution in [-0.2, 0) is 24.0 Å². The topological polar surface area (TPSA) is 118 Å². The van der Waals surface area contributed by atoms with Gasteiger partial charge in [0, 0.05) is 35.1 Å². The van der Waals surface area contributed by atoms with Gasteiger partial charge in [-0.25, -0.2) is 0 Å². The van der Waals surface area contributed by atoms with Gasteiger partial charge >= 0.3 is 10.5 Å². The number of H-pyrrole nitrogens is 1. The Labute approximate surface area is 206 Å². The number of hydrogen-bond acceptors (Lipinski definition) is 6. The molecule has 0 saturated heterocycles. The summed E-state index contributed by atoms with van der Waals surface area (Å²) in [7, 11) is -3.36. The molecule has 0 amide bonds. The van der Waals surface area contributed by atoms with Gasteiger partial charge in [0.25, 0.3) is 0 Å². The summed E-state index contributed by atoms with van der Waals surface area (Å²) in [5, 5.41) is 11.1. The highest BCUT2D eigenvalue weighted by molar-refractivity contribution is 7.81. The number of fused-ring (bicyclic) bond motifs is 4. The Morgan fingerprint density at radius 2 is 1.97 bits per heavy atom. The largest absolute Gasteiger partial charge is 0.488 e. The van der Waals surface area contributed by atoms with Crippen LogP contribution in [0.25, 0.3) is 44.0 Å². The van der Waals surface area contributed by atoms with Crippen LogP contribution in [0, 0.1) is 11.3 Å². The number of halogens is 1. The Morgan fingerprint density at radius 1 is 1.17 bits per heavy atom. The monoisotopic (exact) mass is 504 g/mol. The van der Waals surface area contributed by atoms with Crippen molar-refractivity contribution < 1.29 is 16.5 Å². The fourth-order valence-electron chi connectivity index (χ4n) is 4.65. The summed E-state index contributed by atoms with van der Waals surface area (Å²) in [6.45, 7) is 2.06. The summed E-state index contributed by atoms with van der Waals surface area (Å²) in [6.07, 6.45) is 5.13. The molecule has 0 spiro atoms. The van der Waals surface area contributed by atoms with Crippen LogP contribution < -0.4 is 9.61 Å². The van der Waals surface area contributed by atoms with Crippen molar-refractivity contribution in [3.63, 3.8) is 0 Å². The number of aromatic amines is 1. The smallest absolute Gasteiger partial charge is 0.357 e. The molecule has 0 bridgehead atoms. The Kier molecular flexibility index (Phi) is 5.73. The molecule has 2 aromatic carbocycles. The maximum Gasteiger partial charge on any atom is 0.488 e. The molecule has 0 aliphatic heterocycles. The quantitative estimate of drug-likeness (QED) is 0.324. The highest BCUT2D eigenvalue weighted by Gasteiger charge is 2.18. The zero-order chi connectivity index (χ0) is 25.6. The summed E-state index contributed by atoms with van der Waals surface area (Å²) < 4.78 is 41.3. The van der Waals surface area contributed by atoms with E-state index in [-0.39, 0.29) is 11.2 Å². The number of nitriles is 1. The lowest BCUT2D eigenvalue weighted by atomic mass is 9.94. The van der Waals surface area contributed by atoms with Gasteiger partial charge in [-0.15, -0.1) is 0 Å². The molecule has 3 heterocycles. The molecule has 182 valence electrons. The minimum absolute atomic E-state index is 0.128. The summed E-state index contributed by atoms with van der Waals surface area (Å²) >= 11 is 0. The number of benzene rings is 2. The molecule has 0 fully saturated rings. The maximum atomic E-state index is 13.7. The molecule has 3 aromatic heterocycles. The normalized spacial score (nSPS) is 11.8. The molecule has 0 saturated carbocycles. The molecule has 10 heteroatoms. The van der Waals surface area contributed by atoms with E-state index in [0.717, 1.165) is 35.6 Å². The Bertz CT molecular complexity index is 1880. The van der Waals surface area contributed by atoms with Gasteiger partial charge in [0.2, 0.25) is 0 Å². The van der Waals surface area contributed by atoms with Crippen molar-refractivity contribution in [2.75, 3.05) is 0 Å². The van der Waals surface area contributed by atoms with Gasteiger partial charge in [0.15, 0.2) is 11.2 Å². The van der Waals surface area contributed by atoms with E-state index in [1.807, 2.05) is 23.7 Å². The maximum absolute atomic E-state index is 13.7. The average Bonchev–Trinajstić information content (AvgIpc) is 3.24. The van der Waals surface area contributed by atoms with Gasteiger partial charge in [-0.2, -0.15) is 13.7 Å². The van der Waals surface area contributed by atoms with E-state index in [1.54, 1.807) is 18.2 Å². The van der Waals surface area contributed by atoms with Crippen LogP contribution in [0.1, 0.15) is 30.9 Å². The minimum Gasteiger partial charge on any atom is -0.357 e. The van der Waals surface area contributed by atoms with Gasteiger partial charge in [-0.05, 0) is 54.3 Å². The van der Waals surface area contributed by atoms with Crippen LogP contribution in [0.4, 0.5) is 3.89 Å². The predicted molar refractivity (Wildman–Crippen MR) is 136 cm³/mol. The van der Waals surface area contributed by atoms with Crippen molar-refractivity contribution in [1.29, 1.82) is 5.26 Å². The van der Waals surface area contributed by atoms with Crippen LogP contribution in [0.3, 0.4) is 0 Å². The lowest BCUT2D eigenvalue weighted by Crippen LogP contribution is -2.10. The first kappa shape index (κ1) is 23.5. The lowest BCUT2D eigenvalue weighted by Gasteiger charge is -2.15. The van der Waals surface area contributed by atoms with E-state index < -0.39 is 10.5 Å². The summed E-state index contributed by atoms with van der Waals surface area (Å²) in [4.78, 5) is 21.0. The number of rotatable bonds is 6. The average molecular weight is 505 g/mol. The fourth-order valence-corrected chi connectivity index (χ4v) is 4.97. The van der Waals surface area contributed by atoms with Crippen molar-refractivity contribution in [2.45, 2.75) is 26.2 Å². The van der Waals surface area contributed by atoms with Gasteiger partial charge < -0.3 is 13.7 Å². The van der Waals surface area contributed by atoms with Gasteiger partial charge in [-0.3, -0.25) is 9.78 Å². The molecule has 0 unspecified atom stereocenters. The number of unbranched alkanes of at least 4 members (excludes halogenated alkanes) is 1. The van der Waals surface area contributed by atoms with Crippen LogP contribution in [0.15, 0.2) is 53.6 Å². The predicted octanol–water partition coefficient (Wildman–Crippen LogP) is 5.04. The summed E-state index contributed by atoms with van der Waals surface area (Å²) in [5.74, 6) is -0.246. The van der Waals surface area contributed by atoms with E-state index in [0.29, 0.717) is 45.0 Å². The highest BCUT2D eigenvalue weighted by Crippen LogP contribution is 2.33. The third kappa shape index (κ3) is 4.07. The molecular weight excluding hydrogens is 483 g/mol. The second-order valence-electron chi connectivity index (χ2n) is 8.62. The second kappa shape index (κ2) is 8.77. The van der Waals surface area contributed by atoms with E-state index in [9.17, 15) is 22.4 Å². The number of nitrogens with one attached hydrogen (secondary N) is 1. The third-order valence-corrected chi connectivity index (χ3v) is 6.71. The first-order valence-electron chi connectivity index (χ1n) is 11.3. The number of pyridine rings is 2. The van der Waals surface area contributed by atoms with Crippen LogP contribution in [0.2, 0.25) is 0 Å². The van der Waals surface area contributed by atoms with E-state index in [1.165, 1.54) is 12.3 Å². The lowest BCUT2D eigenvalue weighted by molar-refractivity contribution is 0.439. The Morgan fingerprint density at radius 3 is 2.69 bits per heavy atom. The number of nitrogens with zero attached hydrogens (tertiary/aromatic N) is 3. The number of aryl methyl sites for hydroxylation is 2. The molecule has 5 aromatic rings. The van der Waals surface area contributed by atoms with Crippen LogP contribution in [-0.4, -0.2) is 23.0 Å². The van der Waals surface area contributed by atoms with Gasteiger partial charge in [0.05, 0.1) is 28.7 Å². The molecule has 0 atom stereocenters. The van der Waals surface area contributed by atoms with E-state index >= 15 is 0 Å². The first-order chi connectivity index (χ1) is 17.2. The van der Waals surface area contributed by atoms with Crippen molar-refractivity contribution in [2.24, 2.45) is 7.05 Å². The first-order valence-corrected chi connectivity index (χ1v) is 12.6. The summed E-state index contributed by atoms with van der Waals surface area (Å²) in [5.41, 5.74) is 4.48. The summed E-state index contributed by atoms with van der Waals surface area (Å²) in [6, 6.07) is 12.4. The van der Waals surface area contributed by atoms with Crippen molar-refractivity contribution in [1.82, 2.24) is 14.5 Å². The van der Waals surface area contributed by atoms with Gasteiger partial charge in [0.1, 0.15) is 5.65 Å². The van der Waals surface area contributed by atoms with Crippen LogP contribution >= 0.6 is 0 Å². The third-order valence-electron chi connectivity index (χ3n) is 6.32. The SMILES string of the molecule is CCCCc1cc2c(=O)c3c4ccc(C#N)cc4[nH]c3n(C)c2cc1-c1cncc(OS(=O)(=O)F)c1. The molecule has 0 radical (unpaired) electrons. The number of hydrogen-bond donors (Lipinski definition) is 1. The Hall–Kier alpha value is -4.23. The standard InChI is InChI=1S/C26H21FN4O4S/c1-3-4-5-16-10-21-23(11-20(16)17-9-18(14-29-13-17)35-36(27,33)34)31(2)26-24(25(21)32)19-7-6-15(12-28)8-22(19)30-26/h6-11,13-14,30H,3-5H2,1-2H3. The van der Waals surface area contributed by atoms with E-state index in [2.05, 4.69) is 27.1 Å². The minimum atomic E-state index is -5.20. The molecule has 1 N–H and O–H groups in total. The molecule has 0 aliphatic rings. The van der Waals surface area contributed by atoms with Crippen molar-refractivity contribution in [3.8, 4) is 22.9 Å². The Balaban J connectivity index is 1.81. The highest BCUT2D eigenvalue weighted by atomic mass is 32.3. The molecule has 5 rings (SSSR count). The zero-order valence-electron chi connectivity index (χ0n) is 19.5. The second-order valence-corrected chi connectivity index (χ2v) is 9.58. The van der Waals surface area contributed by atoms with Crippen LogP contribution in [0.5, 0.6) is 5.75 Å². The van der Waals surface area contributed by atoms with Crippen molar-refractivity contribution >= 4 is 43.3 Å². The van der Waals surface area contributed by atoms with Gasteiger partial charge in [-0.1, -0.05) is 23.3 Å². The molecule has 8 nitrogen and oxygen atoms in total. The van der Waals surface area contributed by atoms with Crippen molar-refractivity contribution in [3.05, 3.63) is 70.1 Å². The number of aromatic nitrogens is 3. The molecular formula is C26H21FN4O4S.